The molecule has 0 aliphatic carbocycles. The molecule has 1 aliphatic rings. The number of hydrazone groups is 1. The molecule has 3 aromatic carbocycles. The second-order valence-electron chi connectivity index (χ2n) is 9.81. The maximum absolute atomic E-state index is 12.5. The molecule has 1 amide bonds. The standard InChI is InChI=1S/C28H33N3O/c1-19(2)31-26-14-13-21(15-25(26)20(3)17-28(31,4)5)18-29-30-27(32)16-23-11-8-10-22-9-6-7-12-24(22)23/h6-15,18-20H,16-17H2,1-5H3,(H,30,32)/b29-18-/t20-/m0/s1. The van der Waals surface area contributed by atoms with Gasteiger partial charge in [-0.05, 0) is 79.6 Å². The highest BCUT2D eigenvalue weighted by molar-refractivity contribution is 5.90. The molecule has 0 aromatic heterocycles. The van der Waals surface area contributed by atoms with Crippen molar-refractivity contribution in [2.24, 2.45) is 5.10 Å². The van der Waals surface area contributed by atoms with Crippen molar-refractivity contribution in [1.82, 2.24) is 5.43 Å². The fourth-order valence-electron chi connectivity index (χ4n) is 5.37. The Kier molecular flexibility index (Phi) is 6.05. The normalized spacial score (nSPS) is 17.7. The lowest BCUT2D eigenvalue weighted by molar-refractivity contribution is -0.120. The van der Waals surface area contributed by atoms with E-state index in [9.17, 15) is 4.79 Å². The average molecular weight is 428 g/mol. The first-order chi connectivity index (χ1) is 15.3. The maximum atomic E-state index is 12.5. The predicted octanol–water partition coefficient (Wildman–Crippen LogP) is 6.03. The molecule has 0 radical (unpaired) electrons. The van der Waals surface area contributed by atoms with Gasteiger partial charge in [0.2, 0.25) is 5.91 Å². The lowest BCUT2D eigenvalue weighted by Gasteiger charge is -2.50. The molecule has 0 unspecified atom stereocenters. The topological polar surface area (TPSA) is 44.7 Å². The van der Waals surface area contributed by atoms with Crippen LogP contribution >= 0.6 is 0 Å². The number of rotatable bonds is 5. The molecular formula is C28H33N3O. The van der Waals surface area contributed by atoms with Gasteiger partial charge in [-0.2, -0.15) is 5.10 Å². The molecule has 4 heteroatoms. The van der Waals surface area contributed by atoms with E-state index in [1.165, 1.54) is 11.3 Å². The third-order valence-corrected chi connectivity index (χ3v) is 6.45. The maximum Gasteiger partial charge on any atom is 0.244 e. The van der Waals surface area contributed by atoms with Crippen LogP contribution in [0.5, 0.6) is 0 Å². The van der Waals surface area contributed by atoms with E-state index in [0.29, 0.717) is 18.4 Å². The van der Waals surface area contributed by atoms with Gasteiger partial charge in [-0.3, -0.25) is 4.79 Å². The summed E-state index contributed by atoms with van der Waals surface area (Å²) in [6, 6.07) is 21.1. The van der Waals surface area contributed by atoms with E-state index >= 15 is 0 Å². The van der Waals surface area contributed by atoms with Crippen molar-refractivity contribution >= 4 is 28.6 Å². The van der Waals surface area contributed by atoms with Crippen LogP contribution in [-0.4, -0.2) is 23.7 Å². The minimum atomic E-state index is -0.114. The summed E-state index contributed by atoms with van der Waals surface area (Å²) in [5.41, 5.74) is 7.50. The number of hydrogen-bond donors (Lipinski definition) is 1. The number of amides is 1. The van der Waals surface area contributed by atoms with Crippen molar-refractivity contribution in [3.63, 3.8) is 0 Å². The van der Waals surface area contributed by atoms with Gasteiger partial charge >= 0.3 is 0 Å². The summed E-state index contributed by atoms with van der Waals surface area (Å²) < 4.78 is 0. The molecule has 1 atom stereocenters. The van der Waals surface area contributed by atoms with Crippen molar-refractivity contribution in [2.75, 3.05) is 4.90 Å². The van der Waals surface area contributed by atoms with Crippen LogP contribution < -0.4 is 10.3 Å². The number of hydrogen-bond acceptors (Lipinski definition) is 3. The summed E-state index contributed by atoms with van der Waals surface area (Å²) in [5, 5.41) is 6.48. The predicted molar refractivity (Wildman–Crippen MR) is 135 cm³/mol. The summed E-state index contributed by atoms with van der Waals surface area (Å²) in [6.07, 6.45) is 3.16. The molecule has 32 heavy (non-hydrogen) atoms. The van der Waals surface area contributed by atoms with Crippen molar-refractivity contribution in [2.45, 2.75) is 65.0 Å². The van der Waals surface area contributed by atoms with Crippen LogP contribution in [0, 0.1) is 0 Å². The first kappa shape index (κ1) is 22.1. The van der Waals surface area contributed by atoms with E-state index in [2.05, 4.69) is 86.4 Å². The van der Waals surface area contributed by atoms with Crippen LogP contribution in [0.15, 0.2) is 65.8 Å². The molecule has 1 heterocycles. The number of anilines is 1. The van der Waals surface area contributed by atoms with Crippen LogP contribution in [0.3, 0.4) is 0 Å². The van der Waals surface area contributed by atoms with E-state index in [4.69, 9.17) is 0 Å². The molecule has 1 N–H and O–H groups in total. The summed E-state index contributed by atoms with van der Waals surface area (Å²) in [4.78, 5) is 15.0. The monoisotopic (exact) mass is 427 g/mol. The number of nitrogens with zero attached hydrogens (tertiary/aromatic N) is 2. The van der Waals surface area contributed by atoms with Gasteiger partial charge in [-0.1, -0.05) is 55.5 Å². The van der Waals surface area contributed by atoms with Gasteiger partial charge in [0.05, 0.1) is 12.6 Å². The number of fused-ring (bicyclic) bond motifs is 2. The molecule has 0 fully saturated rings. The fraction of sp³-hybridized carbons (Fsp3) is 0.357. The fourth-order valence-corrected chi connectivity index (χ4v) is 5.37. The third kappa shape index (κ3) is 4.40. The molecule has 4 rings (SSSR count). The highest BCUT2D eigenvalue weighted by Gasteiger charge is 2.37. The van der Waals surface area contributed by atoms with Gasteiger partial charge in [-0.25, -0.2) is 5.43 Å². The molecule has 4 nitrogen and oxygen atoms in total. The molecule has 0 saturated carbocycles. The van der Waals surface area contributed by atoms with E-state index in [-0.39, 0.29) is 11.4 Å². The van der Waals surface area contributed by atoms with E-state index in [1.807, 2.05) is 24.3 Å². The Morgan fingerprint density at radius 1 is 1.16 bits per heavy atom. The van der Waals surface area contributed by atoms with Crippen LogP contribution in [0.4, 0.5) is 5.69 Å². The second kappa shape index (κ2) is 8.78. The summed E-state index contributed by atoms with van der Waals surface area (Å²) in [6.45, 7) is 11.5. The minimum Gasteiger partial charge on any atom is -0.364 e. The first-order valence-electron chi connectivity index (χ1n) is 11.5. The van der Waals surface area contributed by atoms with Crippen molar-refractivity contribution in [3.8, 4) is 0 Å². The van der Waals surface area contributed by atoms with Gasteiger partial charge in [0.25, 0.3) is 0 Å². The zero-order valence-corrected chi connectivity index (χ0v) is 19.7. The largest absolute Gasteiger partial charge is 0.364 e. The zero-order chi connectivity index (χ0) is 22.9. The third-order valence-electron chi connectivity index (χ3n) is 6.45. The van der Waals surface area contributed by atoms with Crippen molar-refractivity contribution < 1.29 is 4.79 Å². The highest BCUT2D eigenvalue weighted by atomic mass is 16.2. The van der Waals surface area contributed by atoms with E-state index < -0.39 is 0 Å². The van der Waals surface area contributed by atoms with Gasteiger partial charge in [0.1, 0.15) is 0 Å². The second-order valence-corrected chi connectivity index (χ2v) is 9.81. The molecule has 1 aliphatic heterocycles. The Morgan fingerprint density at radius 2 is 1.91 bits per heavy atom. The smallest absolute Gasteiger partial charge is 0.244 e. The van der Waals surface area contributed by atoms with Gasteiger partial charge in [-0.15, -0.1) is 0 Å². The number of nitrogens with one attached hydrogen (secondary N) is 1. The first-order valence-corrected chi connectivity index (χ1v) is 11.5. The Labute approximate surface area is 191 Å². The van der Waals surface area contributed by atoms with Gasteiger partial charge < -0.3 is 4.90 Å². The lowest BCUT2D eigenvalue weighted by atomic mass is 9.79. The van der Waals surface area contributed by atoms with Gasteiger partial charge in [0.15, 0.2) is 0 Å². The number of carbonyl (C=O) groups excluding carboxylic acids is 1. The van der Waals surface area contributed by atoms with Crippen LogP contribution in [0.2, 0.25) is 0 Å². The van der Waals surface area contributed by atoms with Crippen LogP contribution in [0.1, 0.15) is 63.6 Å². The Balaban J connectivity index is 1.47. The Bertz CT molecular complexity index is 1160. The summed E-state index contributed by atoms with van der Waals surface area (Å²) in [5.74, 6) is 0.362. The summed E-state index contributed by atoms with van der Waals surface area (Å²) >= 11 is 0. The number of carbonyl (C=O) groups is 1. The van der Waals surface area contributed by atoms with Crippen LogP contribution in [-0.2, 0) is 11.2 Å². The SMILES string of the molecule is CC(C)N1c2ccc(/C=N\NC(=O)Cc3cccc4ccccc34)cc2[C@@H](C)CC1(C)C. The molecular weight excluding hydrogens is 394 g/mol. The molecule has 0 spiro atoms. The quantitative estimate of drug-likeness (QED) is 0.399. The van der Waals surface area contributed by atoms with E-state index in [0.717, 1.165) is 28.3 Å². The zero-order valence-electron chi connectivity index (χ0n) is 19.7. The van der Waals surface area contributed by atoms with Crippen molar-refractivity contribution in [1.29, 1.82) is 0 Å². The molecule has 166 valence electrons. The minimum absolute atomic E-state index is 0.114. The molecule has 0 saturated heterocycles. The molecule has 0 bridgehead atoms. The Morgan fingerprint density at radius 3 is 2.69 bits per heavy atom. The molecule has 3 aromatic rings. The highest BCUT2D eigenvalue weighted by Crippen LogP contribution is 2.44. The lowest BCUT2D eigenvalue weighted by Crippen LogP contribution is -2.51. The number of benzene rings is 3. The van der Waals surface area contributed by atoms with Gasteiger partial charge in [0, 0.05) is 17.3 Å². The Hall–Kier alpha value is -3.14. The average Bonchev–Trinajstić information content (AvgIpc) is 2.73. The summed E-state index contributed by atoms with van der Waals surface area (Å²) in [7, 11) is 0. The van der Waals surface area contributed by atoms with Crippen molar-refractivity contribution in [3.05, 3.63) is 77.4 Å². The van der Waals surface area contributed by atoms with Crippen LogP contribution in [0.25, 0.3) is 10.8 Å². The van der Waals surface area contributed by atoms with E-state index in [1.54, 1.807) is 6.21 Å².